The summed E-state index contributed by atoms with van der Waals surface area (Å²) in [6, 6.07) is 14.0. The summed E-state index contributed by atoms with van der Waals surface area (Å²) >= 11 is 0. The molecular formula is C19H21NO3. The Bertz CT molecular complexity index is 690. The molecule has 0 saturated carbocycles. The number of benzene rings is 2. The first-order chi connectivity index (χ1) is 10.9. The molecule has 120 valence electrons. The average molecular weight is 311 g/mol. The van der Waals surface area contributed by atoms with Crippen LogP contribution in [0, 0.1) is 13.8 Å². The molecule has 0 aliphatic carbocycles. The normalized spacial score (nSPS) is 11.8. The molecule has 0 fully saturated rings. The number of aliphatic carboxylic acids is 1. The first-order valence-corrected chi connectivity index (χ1v) is 7.50. The van der Waals surface area contributed by atoms with E-state index in [1.54, 1.807) is 19.2 Å². The van der Waals surface area contributed by atoms with Crippen molar-refractivity contribution >= 4 is 11.9 Å². The summed E-state index contributed by atoms with van der Waals surface area (Å²) in [7, 11) is 1.54. The van der Waals surface area contributed by atoms with Crippen LogP contribution in [-0.2, 0) is 11.2 Å². The highest BCUT2D eigenvalue weighted by atomic mass is 16.4. The van der Waals surface area contributed by atoms with E-state index in [0.717, 1.165) is 16.7 Å². The Hall–Kier alpha value is -2.62. The summed E-state index contributed by atoms with van der Waals surface area (Å²) in [5.74, 6) is -1.28. The van der Waals surface area contributed by atoms with E-state index >= 15 is 0 Å². The second-order valence-electron chi connectivity index (χ2n) is 5.84. The third-order valence-corrected chi connectivity index (χ3v) is 3.81. The Morgan fingerprint density at radius 3 is 2.13 bits per heavy atom. The molecular weight excluding hydrogens is 290 g/mol. The van der Waals surface area contributed by atoms with Crippen molar-refractivity contribution in [1.29, 1.82) is 0 Å². The first kappa shape index (κ1) is 16.7. The van der Waals surface area contributed by atoms with Gasteiger partial charge in [0.05, 0.1) is 0 Å². The van der Waals surface area contributed by atoms with Gasteiger partial charge in [0.1, 0.15) is 6.04 Å². The molecule has 4 heteroatoms. The fraction of sp³-hybridized carbons (Fsp3) is 0.263. The molecule has 0 radical (unpaired) electrons. The smallest absolute Gasteiger partial charge is 0.326 e. The van der Waals surface area contributed by atoms with Gasteiger partial charge in [-0.15, -0.1) is 0 Å². The Balaban J connectivity index is 2.25. The minimum absolute atomic E-state index is 0.278. The van der Waals surface area contributed by atoms with Crippen LogP contribution in [0.5, 0.6) is 0 Å². The third-order valence-electron chi connectivity index (χ3n) is 3.81. The Labute approximate surface area is 136 Å². The molecule has 0 aliphatic heterocycles. The lowest BCUT2D eigenvalue weighted by atomic mass is 10.0. The maximum Gasteiger partial charge on any atom is 0.326 e. The van der Waals surface area contributed by atoms with Crippen molar-refractivity contribution < 1.29 is 14.7 Å². The van der Waals surface area contributed by atoms with E-state index in [0.29, 0.717) is 5.56 Å². The van der Waals surface area contributed by atoms with Crippen LogP contribution < -0.4 is 0 Å². The van der Waals surface area contributed by atoms with Gasteiger partial charge in [0, 0.05) is 19.0 Å². The van der Waals surface area contributed by atoms with Gasteiger partial charge in [0.25, 0.3) is 5.91 Å². The molecule has 0 aromatic heterocycles. The predicted octanol–water partition coefficient (Wildman–Crippen LogP) is 3.07. The van der Waals surface area contributed by atoms with Gasteiger partial charge in [0.2, 0.25) is 0 Å². The third kappa shape index (κ3) is 4.19. The van der Waals surface area contributed by atoms with Crippen LogP contribution in [0.2, 0.25) is 0 Å². The number of amides is 1. The number of hydrogen-bond donors (Lipinski definition) is 1. The molecule has 1 atom stereocenters. The number of nitrogens with zero attached hydrogens (tertiary/aromatic N) is 1. The molecule has 2 aromatic rings. The molecule has 0 unspecified atom stereocenters. The highest BCUT2D eigenvalue weighted by Gasteiger charge is 2.27. The number of hydrogen-bond acceptors (Lipinski definition) is 2. The standard InChI is InChI=1S/C19H21NO3/c1-13-9-14(2)11-16(10-13)18(21)20(3)17(19(22)23)12-15-7-5-4-6-8-15/h4-11,17H,12H2,1-3H3,(H,22,23)/t17-/m0/s1. The topological polar surface area (TPSA) is 57.6 Å². The fourth-order valence-corrected chi connectivity index (χ4v) is 2.67. The van der Waals surface area contributed by atoms with Crippen molar-refractivity contribution in [1.82, 2.24) is 4.90 Å². The molecule has 1 N–H and O–H groups in total. The first-order valence-electron chi connectivity index (χ1n) is 7.50. The summed E-state index contributed by atoms with van der Waals surface area (Å²) in [5, 5.41) is 9.52. The Morgan fingerprint density at radius 1 is 1.04 bits per heavy atom. The number of carbonyl (C=O) groups is 2. The zero-order valence-corrected chi connectivity index (χ0v) is 13.6. The van der Waals surface area contributed by atoms with E-state index in [1.807, 2.05) is 50.2 Å². The van der Waals surface area contributed by atoms with Gasteiger partial charge in [-0.25, -0.2) is 4.79 Å². The van der Waals surface area contributed by atoms with Gasteiger partial charge in [0.15, 0.2) is 0 Å². The summed E-state index contributed by atoms with van der Waals surface area (Å²) in [5.41, 5.74) is 3.37. The number of carboxylic acids is 1. The lowest BCUT2D eigenvalue weighted by Gasteiger charge is -2.25. The molecule has 4 nitrogen and oxygen atoms in total. The molecule has 0 aliphatic rings. The summed E-state index contributed by atoms with van der Waals surface area (Å²) in [6.07, 6.45) is 0.281. The van der Waals surface area contributed by atoms with E-state index in [1.165, 1.54) is 4.90 Å². The zero-order valence-electron chi connectivity index (χ0n) is 13.6. The van der Waals surface area contributed by atoms with Gasteiger partial charge in [-0.2, -0.15) is 0 Å². The van der Waals surface area contributed by atoms with Crippen LogP contribution in [0.15, 0.2) is 48.5 Å². The number of likely N-dealkylation sites (N-methyl/N-ethyl adjacent to an activating group) is 1. The second-order valence-corrected chi connectivity index (χ2v) is 5.84. The minimum atomic E-state index is -1.01. The largest absolute Gasteiger partial charge is 0.480 e. The van der Waals surface area contributed by atoms with Crippen LogP contribution >= 0.6 is 0 Å². The number of rotatable bonds is 5. The van der Waals surface area contributed by atoms with Crippen molar-refractivity contribution in [2.45, 2.75) is 26.3 Å². The maximum atomic E-state index is 12.6. The molecule has 1 amide bonds. The molecule has 2 rings (SSSR count). The number of aryl methyl sites for hydroxylation is 2. The highest BCUT2D eigenvalue weighted by molar-refractivity contribution is 5.96. The maximum absolute atomic E-state index is 12.6. The van der Waals surface area contributed by atoms with E-state index in [2.05, 4.69) is 0 Å². The molecule has 0 saturated heterocycles. The van der Waals surface area contributed by atoms with Crippen molar-refractivity contribution in [3.05, 3.63) is 70.8 Å². The van der Waals surface area contributed by atoms with Crippen molar-refractivity contribution in [3.8, 4) is 0 Å². The molecule has 0 bridgehead atoms. The SMILES string of the molecule is Cc1cc(C)cc(C(=O)N(C)[C@@H](Cc2ccccc2)C(=O)O)c1. The lowest BCUT2D eigenvalue weighted by molar-refractivity contribution is -0.141. The van der Waals surface area contributed by atoms with Crippen LogP contribution in [0.25, 0.3) is 0 Å². The van der Waals surface area contributed by atoms with Crippen molar-refractivity contribution in [3.63, 3.8) is 0 Å². The highest BCUT2D eigenvalue weighted by Crippen LogP contribution is 2.15. The fourth-order valence-electron chi connectivity index (χ4n) is 2.67. The van der Waals surface area contributed by atoms with E-state index < -0.39 is 12.0 Å². The monoisotopic (exact) mass is 311 g/mol. The van der Waals surface area contributed by atoms with Crippen LogP contribution in [0.3, 0.4) is 0 Å². The van der Waals surface area contributed by atoms with Gasteiger partial charge < -0.3 is 10.0 Å². The lowest BCUT2D eigenvalue weighted by Crippen LogP contribution is -2.43. The Kier molecular flexibility index (Phi) is 5.16. The van der Waals surface area contributed by atoms with Crippen molar-refractivity contribution in [2.75, 3.05) is 7.05 Å². The number of carbonyl (C=O) groups excluding carboxylic acids is 1. The van der Waals surface area contributed by atoms with Crippen molar-refractivity contribution in [2.24, 2.45) is 0 Å². The van der Waals surface area contributed by atoms with E-state index in [9.17, 15) is 14.7 Å². The number of carboxylic acid groups (broad SMARTS) is 1. The van der Waals surface area contributed by atoms with Gasteiger partial charge >= 0.3 is 5.97 Å². The van der Waals surface area contributed by atoms with Crippen LogP contribution in [0.4, 0.5) is 0 Å². The van der Waals surface area contributed by atoms with Gasteiger partial charge in [-0.3, -0.25) is 4.79 Å². The van der Waals surface area contributed by atoms with E-state index in [-0.39, 0.29) is 12.3 Å². The summed E-state index contributed by atoms with van der Waals surface area (Å²) in [4.78, 5) is 25.6. The Morgan fingerprint density at radius 2 is 1.61 bits per heavy atom. The summed E-state index contributed by atoms with van der Waals surface area (Å²) in [6.45, 7) is 3.84. The molecule has 0 heterocycles. The minimum Gasteiger partial charge on any atom is -0.480 e. The van der Waals surface area contributed by atoms with Gasteiger partial charge in [-0.1, -0.05) is 47.5 Å². The van der Waals surface area contributed by atoms with Crippen LogP contribution in [0.1, 0.15) is 27.0 Å². The zero-order chi connectivity index (χ0) is 17.0. The summed E-state index contributed by atoms with van der Waals surface area (Å²) < 4.78 is 0. The average Bonchev–Trinajstić information content (AvgIpc) is 2.51. The molecule has 0 spiro atoms. The quantitative estimate of drug-likeness (QED) is 0.923. The molecule has 2 aromatic carbocycles. The van der Waals surface area contributed by atoms with E-state index in [4.69, 9.17) is 0 Å². The predicted molar refractivity (Wildman–Crippen MR) is 89.6 cm³/mol. The van der Waals surface area contributed by atoms with Gasteiger partial charge in [-0.05, 0) is 31.5 Å². The second kappa shape index (κ2) is 7.09. The van der Waals surface area contributed by atoms with Crippen LogP contribution in [-0.4, -0.2) is 35.0 Å². The molecule has 23 heavy (non-hydrogen) atoms.